The standard InChI is InChI=1S/2C20H32O3Si.C6H6/c2*1-14-7-8-20(13-22-12-15-10-16(21)11-17(15)20)18(9-14)23-24(5,6)19(2,3)4;1-2-4-6-5-3-1/h2*9-10,17-18H,7-8,11-13H2,1-6H3;1-6H/t2*17-,18-,20-;/m10./s1. The van der Waals surface area contributed by atoms with Crippen LogP contribution in [0.3, 0.4) is 0 Å². The first kappa shape index (κ1) is 42.9. The van der Waals surface area contributed by atoms with Crippen molar-refractivity contribution in [3.8, 4) is 0 Å². The number of ketones is 2. The molecule has 8 heteroatoms. The van der Waals surface area contributed by atoms with Crippen molar-refractivity contribution in [3.63, 3.8) is 0 Å². The van der Waals surface area contributed by atoms with E-state index in [0.717, 1.165) is 25.7 Å². The minimum Gasteiger partial charge on any atom is -0.410 e. The van der Waals surface area contributed by atoms with Gasteiger partial charge in [-0.15, -0.1) is 0 Å². The van der Waals surface area contributed by atoms with Crippen LogP contribution < -0.4 is 0 Å². The van der Waals surface area contributed by atoms with E-state index in [1.807, 2.05) is 48.6 Å². The molecular formula is C46H70O6Si2. The third kappa shape index (κ3) is 9.16. The molecule has 2 aliphatic heterocycles. The van der Waals surface area contributed by atoms with Crippen LogP contribution >= 0.6 is 0 Å². The zero-order chi connectivity index (χ0) is 39.7. The lowest BCUT2D eigenvalue weighted by atomic mass is 9.62. The molecule has 0 unspecified atom stereocenters. The Hall–Kier alpha value is -2.21. The van der Waals surface area contributed by atoms with Gasteiger partial charge in [-0.2, -0.15) is 0 Å². The minimum atomic E-state index is -1.90. The zero-order valence-electron chi connectivity index (χ0n) is 35.6. The summed E-state index contributed by atoms with van der Waals surface area (Å²) in [5.41, 5.74) is 5.08. The fraction of sp³-hybridized carbons (Fsp3) is 0.652. The summed E-state index contributed by atoms with van der Waals surface area (Å²) in [4.78, 5) is 24.1. The topological polar surface area (TPSA) is 71.1 Å². The molecular weight excluding hydrogens is 705 g/mol. The molecule has 0 aromatic heterocycles. The Morgan fingerprint density at radius 3 is 1.26 bits per heavy atom. The van der Waals surface area contributed by atoms with Gasteiger partial charge in [0.05, 0.1) is 38.6 Å². The summed E-state index contributed by atoms with van der Waals surface area (Å²) >= 11 is 0. The molecule has 0 N–H and O–H groups in total. The second kappa shape index (κ2) is 16.3. The monoisotopic (exact) mass is 774 g/mol. The van der Waals surface area contributed by atoms with Crippen molar-refractivity contribution >= 4 is 28.2 Å². The molecule has 6 aliphatic rings. The zero-order valence-corrected chi connectivity index (χ0v) is 37.6. The van der Waals surface area contributed by atoms with E-state index in [2.05, 4.69) is 93.7 Å². The number of carbonyl (C=O) groups excluding carboxylic acids is 2. The van der Waals surface area contributed by atoms with Crippen molar-refractivity contribution in [2.24, 2.45) is 22.7 Å². The molecule has 2 fully saturated rings. The van der Waals surface area contributed by atoms with E-state index in [1.54, 1.807) is 0 Å². The average Bonchev–Trinajstić information content (AvgIpc) is 3.67. The number of hydrogen-bond donors (Lipinski definition) is 0. The van der Waals surface area contributed by atoms with Gasteiger partial charge in [-0.05, 0) is 99.1 Å². The second-order valence-electron chi connectivity index (χ2n) is 20.1. The van der Waals surface area contributed by atoms with Gasteiger partial charge in [-0.1, -0.05) is 101 Å². The summed E-state index contributed by atoms with van der Waals surface area (Å²) in [5, 5.41) is 0.347. The first-order valence-electron chi connectivity index (χ1n) is 20.4. The van der Waals surface area contributed by atoms with Crippen LogP contribution in [0.15, 0.2) is 83.0 Å². The van der Waals surface area contributed by atoms with E-state index in [9.17, 15) is 9.59 Å². The molecule has 7 rings (SSSR count). The Morgan fingerprint density at radius 2 is 0.944 bits per heavy atom. The van der Waals surface area contributed by atoms with E-state index in [-0.39, 0.29) is 44.7 Å². The van der Waals surface area contributed by atoms with Crippen LogP contribution in [0.4, 0.5) is 0 Å². The van der Waals surface area contributed by atoms with Crippen LogP contribution in [0.1, 0.15) is 93.9 Å². The van der Waals surface area contributed by atoms with Gasteiger partial charge in [-0.3, -0.25) is 9.59 Å². The number of hydrogen-bond acceptors (Lipinski definition) is 6. The fourth-order valence-corrected chi connectivity index (χ4v) is 11.2. The van der Waals surface area contributed by atoms with Gasteiger partial charge in [0.1, 0.15) is 0 Å². The lowest BCUT2D eigenvalue weighted by molar-refractivity contribution is -0.118. The summed E-state index contributed by atoms with van der Waals surface area (Å²) < 4.78 is 25.7. The first-order valence-corrected chi connectivity index (χ1v) is 26.2. The molecule has 6 atom stereocenters. The predicted octanol–water partition coefficient (Wildman–Crippen LogP) is 11.0. The van der Waals surface area contributed by atoms with Crippen LogP contribution in [-0.4, -0.2) is 66.8 Å². The predicted molar refractivity (Wildman–Crippen MR) is 225 cm³/mol. The summed E-state index contributed by atoms with van der Waals surface area (Å²) in [7, 11) is -3.79. The second-order valence-corrected chi connectivity index (χ2v) is 29.6. The van der Waals surface area contributed by atoms with Gasteiger partial charge in [0.25, 0.3) is 0 Å². The molecule has 4 aliphatic carbocycles. The van der Waals surface area contributed by atoms with Crippen molar-refractivity contribution in [2.45, 2.75) is 142 Å². The molecule has 54 heavy (non-hydrogen) atoms. The number of benzene rings is 1. The van der Waals surface area contributed by atoms with Crippen molar-refractivity contribution in [1.29, 1.82) is 0 Å². The minimum absolute atomic E-state index is 0.0618. The Labute approximate surface area is 329 Å². The maximum absolute atomic E-state index is 12.1. The van der Waals surface area contributed by atoms with Gasteiger partial charge in [0.15, 0.2) is 28.2 Å². The molecule has 0 saturated carbocycles. The quantitative estimate of drug-likeness (QED) is 0.224. The van der Waals surface area contributed by atoms with Gasteiger partial charge in [-0.25, -0.2) is 0 Å². The molecule has 0 bridgehead atoms. The number of allylic oxidation sites excluding steroid dienone is 4. The molecule has 298 valence electrons. The molecule has 2 heterocycles. The van der Waals surface area contributed by atoms with Gasteiger partial charge < -0.3 is 18.3 Å². The van der Waals surface area contributed by atoms with Crippen LogP contribution in [-0.2, 0) is 27.9 Å². The highest BCUT2D eigenvalue weighted by atomic mass is 28.4. The van der Waals surface area contributed by atoms with Crippen LogP contribution in [0.25, 0.3) is 0 Å². The highest BCUT2D eigenvalue weighted by Gasteiger charge is 2.56. The number of carbonyl (C=O) groups is 2. The Kier molecular flexibility index (Phi) is 13.0. The maximum Gasteiger partial charge on any atom is 0.192 e. The van der Waals surface area contributed by atoms with Crippen molar-refractivity contribution in [1.82, 2.24) is 0 Å². The number of fused-ring (bicyclic) bond motifs is 4. The summed E-state index contributed by atoms with van der Waals surface area (Å²) in [6.45, 7) is 30.1. The normalized spacial score (nSPS) is 31.3. The van der Waals surface area contributed by atoms with Crippen LogP contribution in [0, 0.1) is 22.7 Å². The van der Waals surface area contributed by atoms with Crippen LogP contribution in [0.2, 0.25) is 36.3 Å². The largest absolute Gasteiger partial charge is 0.410 e. The molecule has 2 spiro atoms. The number of rotatable bonds is 4. The molecule has 6 nitrogen and oxygen atoms in total. The van der Waals surface area contributed by atoms with E-state index in [0.29, 0.717) is 51.1 Å². The molecule has 1 aromatic carbocycles. The molecule has 1 aromatic rings. The van der Waals surface area contributed by atoms with Gasteiger partial charge in [0.2, 0.25) is 0 Å². The van der Waals surface area contributed by atoms with Crippen LogP contribution in [0.5, 0.6) is 0 Å². The Bertz CT molecular complexity index is 1510. The van der Waals surface area contributed by atoms with E-state index in [4.69, 9.17) is 18.3 Å². The fourth-order valence-electron chi connectivity index (χ4n) is 8.64. The Balaban J connectivity index is 0.000000180. The SMILES string of the molecule is CC1=C[C@@H](O[Si](C)(C)C(C)(C)C)[C@]2(CC1)COCC1=CC(=O)C[C@H]12.CC1=C[C@H](O[Si](C)(C)C(C)(C)C)[C@@]2(CC1)COCC1=CC(=O)C[C@@H]12.c1ccccc1. The molecule has 2 saturated heterocycles. The van der Waals surface area contributed by atoms with E-state index >= 15 is 0 Å². The summed E-state index contributed by atoms with van der Waals surface area (Å²) in [5.74, 6) is 1.13. The van der Waals surface area contributed by atoms with E-state index < -0.39 is 16.6 Å². The maximum atomic E-state index is 12.1. The van der Waals surface area contributed by atoms with Crippen molar-refractivity contribution in [2.75, 3.05) is 26.4 Å². The first-order chi connectivity index (χ1) is 25.1. The molecule has 0 radical (unpaired) electrons. The number of ether oxygens (including phenoxy) is 2. The van der Waals surface area contributed by atoms with E-state index in [1.165, 1.54) is 22.3 Å². The van der Waals surface area contributed by atoms with Gasteiger partial charge in [0, 0.05) is 35.5 Å². The smallest absolute Gasteiger partial charge is 0.192 e. The highest BCUT2D eigenvalue weighted by Crippen LogP contribution is 2.55. The average molecular weight is 775 g/mol. The van der Waals surface area contributed by atoms with Crippen molar-refractivity contribution in [3.05, 3.63) is 83.0 Å². The third-order valence-corrected chi connectivity index (χ3v) is 23.1. The lowest BCUT2D eigenvalue weighted by Crippen LogP contribution is -2.55. The summed E-state index contributed by atoms with van der Waals surface area (Å²) in [6, 6.07) is 12.0. The third-order valence-electron chi connectivity index (χ3n) is 14.2. The summed E-state index contributed by atoms with van der Waals surface area (Å²) in [6.07, 6.45) is 14.0. The highest BCUT2D eigenvalue weighted by molar-refractivity contribution is 6.74. The Morgan fingerprint density at radius 1 is 0.611 bits per heavy atom. The van der Waals surface area contributed by atoms with Crippen molar-refractivity contribution < 1.29 is 27.9 Å². The van der Waals surface area contributed by atoms with Gasteiger partial charge >= 0.3 is 0 Å². The lowest BCUT2D eigenvalue weighted by Gasteiger charge is -2.52. The molecule has 0 amide bonds.